The maximum absolute atomic E-state index is 11.9. The monoisotopic (exact) mass is 275 g/mol. The van der Waals surface area contributed by atoms with Crippen molar-refractivity contribution in [3.63, 3.8) is 0 Å². The Labute approximate surface area is 108 Å². The first-order valence-corrected chi connectivity index (χ1v) is 7.73. The molecule has 0 saturated carbocycles. The Hall–Kier alpha value is -0.580. The van der Waals surface area contributed by atoms with E-state index in [1.54, 1.807) is 0 Å². The maximum atomic E-state index is 11.9. The lowest BCUT2D eigenvalue weighted by Crippen LogP contribution is -2.32. The minimum absolute atomic E-state index is 0.00574. The fourth-order valence-corrected chi connectivity index (χ4v) is 3.42. The predicted octanol–water partition coefficient (Wildman–Crippen LogP) is 2.39. The third kappa shape index (κ3) is 4.30. The van der Waals surface area contributed by atoms with Gasteiger partial charge in [0.05, 0.1) is 5.75 Å². The van der Waals surface area contributed by atoms with Crippen LogP contribution in [0.3, 0.4) is 0 Å². The van der Waals surface area contributed by atoms with E-state index >= 15 is 0 Å². The van der Waals surface area contributed by atoms with Crippen LogP contribution in [0.4, 0.5) is 0 Å². The van der Waals surface area contributed by atoms with Crippen molar-refractivity contribution in [2.75, 3.05) is 18.2 Å². The van der Waals surface area contributed by atoms with Crippen LogP contribution in [0.5, 0.6) is 0 Å². The van der Waals surface area contributed by atoms with Gasteiger partial charge in [-0.3, -0.25) is 0 Å². The first kappa shape index (κ1) is 14.5. The van der Waals surface area contributed by atoms with Crippen molar-refractivity contribution in [2.45, 2.75) is 20.4 Å². The number of hydrogen-bond donors (Lipinski definition) is 0. The number of benzene rings is 1. The summed E-state index contributed by atoms with van der Waals surface area (Å²) in [6.07, 6.45) is 0. The summed E-state index contributed by atoms with van der Waals surface area (Å²) in [4.78, 5) is 0. The molecule has 0 N–H and O–H groups in total. The van der Waals surface area contributed by atoms with Crippen molar-refractivity contribution in [1.29, 1.82) is 0 Å². The van der Waals surface area contributed by atoms with Crippen molar-refractivity contribution in [3.05, 3.63) is 35.4 Å². The molecule has 5 heteroatoms. The van der Waals surface area contributed by atoms with Gasteiger partial charge in [0.1, 0.15) is 0 Å². The topological polar surface area (TPSA) is 37.4 Å². The van der Waals surface area contributed by atoms with Gasteiger partial charge in [0.25, 0.3) is 0 Å². The summed E-state index contributed by atoms with van der Waals surface area (Å²) in [5.41, 5.74) is 2.14. The highest BCUT2D eigenvalue weighted by molar-refractivity contribution is 7.89. The molecular weight excluding hydrogens is 258 g/mol. The fourth-order valence-electron chi connectivity index (χ4n) is 1.65. The molecule has 0 bridgehead atoms. The average Bonchev–Trinajstić information content (AvgIpc) is 2.25. The molecule has 1 aromatic rings. The standard InChI is InChI=1S/C12H18ClNO2S/c1-3-14(17(15,16)8-7-13)10-12-6-4-5-11(2)9-12/h4-6,9H,3,7-8,10H2,1-2H3. The molecule has 17 heavy (non-hydrogen) atoms. The number of sulfonamides is 1. The molecule has 0 spiro atoms. The fraction of sp³-hybridized carbons (Fsp3) is 0.500. The zero-order valence-electron chi connectivity index (χ0n) is 10.2. The third-order valence-corrected chi connectivity index (χ3v) is 4.83. The Morgan fingerprint density at radius 2 is 2.06 bits per heavy atom. The van der Waals surface area contributed by atoms with E-state index in [4.69, 9.17) is 11.6 Å². The number of rotatable bonds is 6. The van der Waals surface area contributed by atoms with Gasteiger partial charge < -0.3 is 0 Å². The average molecular weight is 276 g/mol. The molecule has 0 aliphatic carbocycles. The van der Waals surface area contributed by atoms with Gasteiger partial charge in [-0.1, -0.05) is 36.8 Å². The molecule has 1 rings (SSSR count). The molecule has 0 aromatic heterocycles. The third-order valence-electron chi connectivity index (χ3n) is 2.52. The number of aryl methyl sites for hydroxylation is 1. The lowest BCUT2D eigenvalue weighted by atomic mass is 10.1. The summed E-state index contributed by atoms with van der Waals surface area (Å²) in [5, 5.41) is 0. The number of hydrogen-bond acceptors (Lipinski definition) is 2. The smallest absolute Gasteiger partial charge is 0.212 e. The Balaban J connectivity index is 2.84. The molecular formula is C12H18ClNO2S. The molecule has 0 heterocycles. The van der Waals surface area contributed by atoms with Crippen LogP contribution < -0.4 is 0 Å². The maximum Gasteiger partial charge on any atom is 0.215 e. The molecule has 1 aromatic carbocycles. The highest BCUT2D eigenvalue weighted by atomic mass is 35.5. The Bertz CT molecular complexity index is 459. The highest BCUT2D eigenvalue weighted by Gasteiger charge is 2.19. The van der Waals surface area contributed by atoms with Gasteiger partial charge in [-0.2, -0.15) is 4.31 Å². The molecule has 0 aliphatic rings. The molecule has 0 atom stereocenters. The molecule has 0 saturated heterocycles. The molecule has 0 unspecified atom stereocenters. The van der Waals surface area contributed by atoms with Crippen LogP contribution in [-0.2, 0) is 16.6 Å². The molecule has 0 radical (unpaired) electrons. The van der Waals surface area contributed by atoms with Gasteiger partial charge in [-0.25, -0.2) is 8.42 Å². The molecule has 0 fully saturated rings. The SMILES string of the molecule is CCN(Cc1cccc(C)c1)S(=O)(=O)CCCl. The largest absolute Gasteiger partial charge is 0.215 e. The minimum atomic E-state index is -3.23. The zero-order chi connectivity index (χ0) is 12.9. The van der Waals surface area contributed by atoms with E-state index in [1.165, 1.54) is 4.31 Å². The van der Waals surface area contributed by atoms with Gasteiger partial charge >= 0.3 is 0 Å². The van der Waals surface area contributed by atoms with Gasteiger partial charge in [0, 0.05) is 19.0 Å². The Morgan fingerprint density at radius 3 is 2.59 bits per heavy atom. The second-order valence-electron chi connectivity index (χ2n) is 3.92. The van der Waals surface area contributed by atoms with Crippen LogP contribution in [0.2, 0.25) is 0 Å². The van der Waals surface area contributed by atoms with E-state index in [0.717, 1.165) is 11.1 Å². The second kappa shape index (κ2) is 6.38. The van der Waals surface area contributed by atoms with Crippen LogP contribution in [-0.4, -0.2) is 30.9 Å². The van der Waals surface area contributed by atoms with Crippen LogP contribution in [0, 0.1) is 6.92 Å². The van der Waals surface area contributed by atoms with E-state index in [0.29, 0.717) is 13.1 Å². The van der Waals surface area contributed by atoms with Crippen molar-refractivity contribution < 1.29 is 8.42 Å². The van der Waals surface area contributed by atoms with Gasteiger partial charge in [-0.15, -0.1) is 11.6 Å². The van der Waals surface area contributed by atoms with Crippen LogP contribution in [0.1, 0.15) is 18.1 Å². The van der Waals surface area contributed by atoms with Crippen molar-refractivity contribution >= 4 is 21.6 Å². The lowest BCUT2D eigenvalue weighted by Gasteiger charge is -2.20. The number of halogens is 1. The van der Waals surface area contributed by atoms with Gasteiger partial charge in [0.15, 0.2) is 0 Å². The summed E-state index contributed by atoms with van der Waals surface area (Å²) in [5.74, 6) is 0.126. The number of alkyl halides is 1. The van der Waals surface area contributed by atoms with E-state index in [9.17, 15) is 8.42 Å². The quantitative estimate of drug-likeness (QED) is 0.748. The van der Waals surface area contributed by atoms with Crippen molar-refractivity contribution in [2.24, 2.45) is 0 Å². The summed E-state index contributed by atoms with van der Waals surface area (Å²) >= 11 is 5.51. The Morgan fingerprint density at radius 1 is 1.35 bits per heavy atom. The summed E-state index contributed by atoms with van der Waals surface area (Å²) in [7, 11) is -3.23. The molecule has 3 nitrogen and oxygen atoms in total. The van der Waals surface area contributed by atoms with E-state index in [1.807, 2.05) is 38.1 Å². The van der Waals surface area contributed by atoms with E-state index < -0.39 is 10.0 Å². The van der Waals surface area contributed by atoms with E-state index in [2.05, 4.69) is 0 Å². The van der Waals surface area contributed by atoms with E-state index in [-0.39, 0.29) is 11.6 Å². The summed E-state index contributed by atoms with van der Waals surface area (Å²) in [6, 6.07) is 7.87. The lowest BCUT2D eigenvalue weighted by molar-refractivity contribution is 0.424. The van der Waals surface area contributed by atoms with Crippen LogP contribution in [0.15, 0.2) is 24.3 Å². The Kier molecular flexibility index (Phi) is 5.43. The van der Waals surface area contributed by atoms with Crippen LogP contribution in [0.25, 0.3) is 0 Å². The predicted molar refractivity (Wildman–Crippen MR) is 71.8 cm³/mol. The number of nitrogens with zero attached hydrogens (tertiary/aromatic N) is 1. The first-order chi connectivity index (χ1) is 7.99. The van der Waals surface area contributed by atoms with Crippen molar-refractivity contribution in [3.8, 4) is 0 Å². The van der Waals surface area contributed by atoms with Gasteiger partial charge in [-0.05, 0) is 12.5 Å². The summed E-state index contributed by atoms with van der Waals surface area (Å²) in [6.45, 7) is 4.71. The first-order valence-electron chi connectivity index (χ1n) is 5.59. The normalized spacial score (nSPS) is 12.0. The van der Waals surface area contributed by atoms with Crippen molar-refractivity contribution in [1.82, 2.24) is 4.31 Å². The molecule has 0 amide bonds. The van der Waals surface area contributed by atoms with Gasteiger partial charge in [0.2, 0.25) is 10.0 Å². The molecule has 96 valence electrons. The molecule has 0 aliphatic heterocycles. The summed E-state index contributed by atoms with van der Waals surface area (Å²) < 4.78 is 25.2. The van der Waals surface area contributed by atoms with Crippen LogP contribution >= 0.6 is 11.6 Å². The minimum Gasteiger partial charge on any atom is -0.212 e. The second-order valence-corrected chi connectivity index (χ2v) is 6.39. The zero-order valence-corrected chi connectivity index (χ0v) is 11.8. The highest BCUT2D eigenvalue weighted by Crippen LogP contribution is 2.11.